The molecule has 36 heavy (non-hydrogen) atoms. The normalized spacial score (nSPS) is 10.3. The van der Waals surface area contributed by atoms with E-state index in [4.69, 9.17) is 14.2 Å². The number of ether oxygens (including phenoxy) is 3. The first-order valence-electron chi connectivity index (χ1n) is 10.1. The van der Waals surface area contributed by atoms with Gasteiger partial charge in [0.1, 0.15) is 5.75 Å². The van der Waals surface area contributed by atoms with E-state index >= 15 is 0 Å². The number of nitrogens with one attached hydrogen (secondary N) is 2. The average molecular weight is 536 g/mol. The number of H-pyrrole nitrogens is 2. The molecule has 0 unspecified atom stereocenters. The number of carbonyl (C=O) groups is 3. The minimum absolute atomic E-state index is 0. The molecule has 0 bridgehead atoms. The Morgan fingerprint density at radius 1 is 0.639 bits per heavy atom. The van der Waals surface area contributed by atoms with E-state index in [1.807, 2.05) is 30.3 Å². The second kappa shape index (κ2) is 10.7. The number of nitrogens with zero attached hydrogens (tertiary/aromatic N) is 4. The topological polar surface area (TPSA) is 162 Å². The van der Waals surface area contributed by atoms with Crippen LogP contribution in [0.2, 0.25) is 0 Å². The zero-order valence-electron chi connectivity index (χ0n) is 18.4. The molecule has 0 aliphatic carbocycles. The Balaban J connectivity index is 0.00000304. The molecule has 3 aromatic carbocycles. The summed E-state index contributed by atoms with van der Waals surface area (Å²) in [5, 5.41) is 20.5. The van der Waals surface area contributed by atoms with Crippen molar-refractivity contribution in [2.45, 2.75) is 0 Å². The van der Waals surface area contributed by atoms with Crippen LogP contribution in [0.1, 0.15) is 31.1 Å². The van der Waals surface area contributed by atoms with Crippen LogP contribution in [-0.4, -0.2) is 48.7 Å². The number of carbonyl (C=O) groups excluding carboxylic acids is 3. The summed E-state index contributed by atoms with van der Waals surface area (Å²) < 4.78 is 15.8. The van der Waals surface area contributed by atoms with Gasteiger partial charge in [-0.2, -0.15) is 0 Å². The molecule has 13 heteroatoms. The van der Waals surface area contributed by atoms with Gasteiger partial charge in [0.15, 0.2) is 0 Å². The molecule has 2 heterocycles. The number of aromatic nitrogens is 6. The van der Waals surface area contributed by atoms with Crippen LogP contribution >= 0.6 is 0 Å². The fraction of sp³-hybridized carbons (Fsp3) is 0. The van der Waals surface area contributed by atoms with Crippen molar-refractivity contribution >= 4 is 28.7 Å². The van der Waals surface area contributed by atoms with E-state index in [9.17, 15) is 14.4 Å². The van der Waals surface area contributed by atoms with Crippen LogP contribution in [0, 0.1) is 0 Å². The number of hydrogen-bond acceptors (Lipinski definition) is 10. The minimum atomic E-state index is -0.880. The molecule has 0 amide bonds. The number of hydrogen-bond donors (Lipinski definition) is 2. The SMILES string of the molecule is O=C(Oc1c[nH]nn1)c1cc(C(=O)Oc2c[nH]nn2)cc(C(=O)Oc2cccc3ccccc23)c1.[Zn]. The number of fused-ring (bicyclic) bond motifs is 1. The van der Waals surface area contributed by atoms with E-state index in [-0.39, 0.29) is 47.9 Å². The Hall–Kier alpha value is -4.77. The molecule has 0 radical (unpaired) electrons. The molecule has 0 saturated heterocycles. The number of benzene rings is 3. The zero-order valence-corrected chi connectivity index (χ0v) is 21.3. The van der Waals surface area contributed by atoms with Gasteiger partial charge in [0.05, 0.1) is 29.1 Å². The van der Waals surface area contributed by atoms with E-state index in [1.54, 1.807) is 12.1 Å². The third kappa shape index (κ3) is 5.31. The molecule has 0 atom stereocenters. The molecule has 0 fully saturated rings. The molecule has 2 N–H and O–H groups in total. The second-order valence-electron chi connectivity index (χ2n) is 7.07. The Morgan fingerprint density at radius 3 is 1.67 bits per heavy atom. The van der Waals surface area contributed by atoms with Gasteiger partial charge in [0, 0.05) is 24.9 Å². The van der Waals surface area contributed by atoms with E-state index in [0.717, 1.165) is 10.8 Å². The van der Waals surface area contributed by atoms with Gasteiger partial charge in [0.2, 0.25) is 0 Å². The van der Waals surface area contributed by atoms with Crippen molar-refractivity contribution in [2.75, 3.05) is 0 Å². The summed E-state index contributed by atoms with van der Waals surface area (Å²) in [6.45, 7) is 0. The first kappa shape index (κ1) is 24.4. The summed E-state index contributed by atoms with van der Waals surface area (Å²) >= 11 is 0. The third-order valence-corrected chi connectivity index (χ3v) is 4.78. The first-order chi connectivity index (χ1) is 17.1. The van der Waals surface area contributed by atoms with Crippen molar-refractivity contribution in [2.24, 2.45) is 0 Å². The number of aromatic amines is 2. The molecule has 0 spiro atoms. The maximum atomic E-state index is 13.1. The van der Waals surface area contributed by atoms with Crippen molar-refractivity contribution < 1.29 is 48.1 Å². The van der Waals surface area contributed by atoms with Gasteiger partial charge in [-0.3, -0.25) is 10.2 Å². The zero-order chi connectivity index (χ0) is 24.2. The van der Waals surface area contributed by atoms with Gasteiger partial charge in [0.25, 0.3) is 11.8 Å². The smallest absolute Gasteiger partial charge is 0.345 e. The third-order valence-electron chi connectivity index (χ3n) is 4.78. The average Bonchev–Trinajstić information content (AvgIpc) is 3.58. The van der Waals surface area contributed by atoms with Gasteiger partial charge in [-0.15, -0.1) is 0 Å². The van der Waals surface area contributed by atoms with Crippen LogP contribution < -0.4 is 14.2 Å². The van der Waals surface area contributed by atoms with Gasteiger partial charge in [-0.1, -0.05) is 57.0 Å². The van der Waals surface area contributed by atoms with Gasteiger partial charge >= 0.3 is 17.9 Å². The Kier molecular flexibility index (Phi) is 7.21. The van der Waals surface area contributed by atoms with Crippen LogP contribution in [0.25, 0.3) is 10.8 Å². The Labute approximate surface area is 214 Å². The van der Waals surface area contributed by atoms with Crippen molar-refractivity contribution in [1.29, 1.82) is 0 Å². The molecule has 5 rings (SSSR count). The van der Waals surface area contributed by atoms with Crippen LogP contribution in [0.4, 0.5) is 0 Å². The predicted octanol–water partition coefficient (Wildman–Crippen LogP) is 2.73. The molecule has 12 nitrogen and oxygen atoms in total. The Morgan fingerprint density at radius 2 is 1.14 bits per heavy atom. The maximum absolute atomic E-state index is 13.1. The standard InChI is InChI=1S/C23H14N6O6.Zn/c30-21(33-18-7-3-5-13-4-1-2-6-17(13)18)14-8-15(22(31)34-19-11-24-28-26-19)10-16(9-14)23(32)35-20-12-25-29-27-20;/h1-12H,(H,24,26,28)(H,25,27,29);. The molecule has 0 aliphatic rings. The predicted molar refractivity (Wildman–Crippen MR) is 118 cm³/mol. The van der Waals surface area contributed by atoms with Gasteiger partial charge in [-0.25, -0.2) is 14.4 Å². The molecule has 2 aromatic heterocycles. The van der Waals surface area contributed by atoms with Crippen molar-refractivity contribution in [3.8, 4) is 17.5 Å². The minimum Gasteiger partial charge on any atom is -0.422 e. The fourth-order valence-electron chi connectivity index (χ4n) is 3.21. The summed E-state index contributed by atoms with van der Waals surface area (Å²) in [6.07, 6.45) is 2.52. The van der Waals surface area contributed by atoms with Crippen LogP contribution in [-0.2, 0) is 19.5 Å². The van der Waals surface area contributed by atoms with E-state index < -0.39 is 17.9 Å². The molecule has 0 aliphatic heterocycles. The monoisotopic (exact) mass is 534 g/mol. The van der Waals surface area contributed by atoms with Crippen LogP contribution in [0.3, 0.4) is 0 Å². The van der Waals surface area contributed by atoms with Crippen molar-refractivity contribution in [3.05, 3.63) is 89.7 Å². The number of esters is 3. The van der Waals surface area contributed by atoms with Crippen LogP contribution in [0.5, 0.6) is 17.5 Å². The molecular weight excluding hydrogens is 522 g/mol. The molecular formula is C23H14N6O6Zn. The van der Waals surface area contributed by atoms with Crippen molar-refractivity contribution in [1.82, 2.24) is 30.8 Å². The van der Waals surface area contributed by atoms with Crippen LogP contribution in [0.15, 0.2) is 73.1 Å². The first-order valence-corrected chi connectivity index (χ1v) is 10.1. The largest absolute Gasteiger partial charge is 0.422 e. The van der Waals surface area contributed by atoms with E-state index in [0.29, 0.717) is 5.75 Å². The summed E-state index contributed by atoms with van der Waals surface area (Å²) in [7, 11) is 0. The number of rotatable bonds is 6. The second-order valence-corrected chi connectivity index (χ2v) is 7.07. The van der Waals surface area contributed by atoms with Gasteiger partial charge < -0.3 is 14.2 Å². The molecule has 174 valence electrons. The summed E-state index contributed by atoms with van der Waals surface area (Å²) in [5.74, 6) is -2.43. The molecule has 0 saturated carbocycles. The summed E-state index contributed by atoms with van der Waals surface area (Å²) in [6, 6.07) is 16.3. The van der Waals surface area contributed by atoms with E-state index in [2.05, 4.69) is 30.8 Å². The molecule has 5 aromatic rings. The van der Waals surface area contributed by atoms with E-state index in [1.165, 1.54) is 30.6 Å². The fourth-order valence-corrected chi connectivity index (χ4v) is 3.21. The summed E-state index contributed by atoms with van der Waals surface area (Å²) in [4.78, 5) is 38.4. The van der Waals surface area contributed by atoms with Crippen molar-refractivity contribution in [3.63, 3.8) is 0 Å². The summed E-state index contributed by atoms with van der Waals surface area (Å²) in [5.41, 5.74) is -0.320. The quantitative estimate of drug-likeness (QED) is 0.188. The maximum Gasteiger partial charge on any atom is 0.345 e. The Bertz CT molecular complexity index is 1470. The van der Waals surface area contributed by atoms with Gasteiger partial charge in [-0.05, 0) is 29.7 Å².